The molecule has 0 aliphatic heterocycles. The third kappa shape index (κ3) is 8.09. The van der Waals surface area contributed by atoms with Crippen LogP contribution in [0.3, 0.4) is 0 Å². The molecule has 3 aromatic heterocycles. The van der Waals surface area contributed by atoms with Crippen molar-refractivity contribution in [2.75, 3.05) is 0 Å². The number of benzene rings is 1. The number of aromatic nitrogens is 7. The summed E-state index contributed by atoms with van der Waals surface area (Å²) in [6.45, 7) is 1.15. The predicted octanol–water partition coefficient (Wildman–Crippen LogP) is 3.36. The molecule has 0 bridgehead atoms. The highest BCUT2D eigenvalue weighted by Crippen LogP contribution is 2.28. The first-order valence-electron chi connectivity index (χ1n) is 12.2. The largest absolute Gasteiger partial charge is 0.416 e. The Morgan fingerprint density at radius 3 is 2.05 bits per heavy atom. The summed E-state index contributed by atoms with van der Waals surface area (Å²) in [7, 11) is 0. The van der Waals surface area contributed by atoms with Crippen molar-refractivity contribution in [2.24, 2.45) is 0 Å². The summed E-state index contributed by atoms with van der Waals surface area (Å²) in [4.78, 5) is 28.5. The van der Waals surface area contributed by atoms with Gasteiger partial charge in [0.2, 0.25) is 0 Å². The molecular weight excluding hydrogens is 551 g/mol. The SMILES string of the molecule is O=C(NCc1cccc(CCl)c1)c1cn(CCCCn2cc(C(=O)NCc3cc(C(F)(F)F)ccn3)nn2)nn1. The second-order valence-electron chi connectivity index (χ2n) is 8.79. The fourth-order valence-corrected chi connectivity index (χ4v) is 3.85. The Morgan fingerprint density at radius 2 is 1.45 bits per heavy atom. The number of nitrogens with zero attached hydrogens (tertiary/aromatic N) is 7. The van der Waals surface area contributed by atoms with Crippen LogP contribution in [-0.4, -0.2) is 46.8 Å². The molecular formula is C25H25ClF3N9O2. The number of carbonyl (C=O) groups is 2. The van der Waals surface area contributed by atoms with Crippen molar-refractivity contribution in [1.29, 1.82) is 0 Å². The zero-order valence-corrected chi connectivity index (χ0v) is 21.9. The van der Waals surface area contributed by atoms with Gasteiger partial charge in [0.05, 0.1) is 30.2 Å². The zero-order valence-electron chi connectivity index (χ0n) is 21.1. The molecule has 0 fully saturated rings. The molecule has 3 heterocycles. The number of amides is 2. The van der Waals surface area contributed by atoms with E-state index in [-0.39, 0.29) is 29.5 Å². The van der Waals surface area contributed by atoms with Crippen molar-refractivity contribution in [1.82, 2.24) is 45.6 Å². The standard InChI is InChI=1S/C25H25ClF3N9O2/c26-12-17-4-3-5-18(10-17)13-31-23(39)21-15-37(35-33-21)8-1-2-9-38-16-22(34-36-38)24(40)32-14-20-11-19(6-7-30-20)25(27,28)29/h3-7,10-11,15-16H,1-2,8-9,12-14H2,(H,31,39)(H,32,40). The van der Waals surface area contributed by atoms with Gasteiger partial charge < -0.3 is 10.6 Å². The molecule has 0 aliphatic carbocycles. The number of halogens is 4. The smallest absolute Gasteiger partial charge is 0.347 e. The zero-order chi connectivity index (χ0) is 28.5. The lowest BCUT2D eigenvalue weighted by Gasteiger charge is -2.08. The normalized spacial score (nSPS) is 11.4. The molecule has 0 saturated heterocycles. The Labute approximate surface area is 231 Å². The average Bonchev–Trinajstić information content (AvgIpc) is 3.63. The highest BCUT2D eigenvalue weighted by molar-refractivity contribution is 6.17. The fourth-order valence-electron chi connectivity index (χ4n) is 3.68. The number of unbranched alkanes of at least 4 members (excludes halogenated alkanes) is 1. The highest BCUT2D eigenvalue weighted by atomic mass is 35.5. The highest BCUT2D eigenvalue weighted by Gasteiger charge is 2.30. The van der Waals surface area contributed by atoms with Crippen LogP contribution in [0.1, 0.15) is 56.2 Å². The van der Waals surface area contributed by atoms with Crippen molar-refractivity contribution in [3.63, 3.8) is 0 Å². The molecule has 1 aromatic carbocycles. The van der Waals surface area contributed by atoms with E-state index >= 15 is 0 Å². The van der Waals surface area contributed by atoms with E-state index < -0.39 is 17.6 Å². The maximum atomic E-state index is 12.8. The maximum absolute atomic E-state index is 12.8. The number of rotatable bonds is 12. The van der Waals surface area contributed by atoms with Crippen LogP contribution < -0.4 is 10.6 Å². The summed E-state index contributed by atoms with van der Waals surface area (Å²) < 4.78 is 41.6. The molecule has 0 aliphatic rings. The van der Waals surface area contributed by atoms with Gasteiger partial charge in [0, 0.05) is 31.7 Å². The summed E-state index contributed by atoms with van der Waals surface area (Å²) in [6, 6.07) is 9.36. The lowest BCUT2D eigenvalue weighted by molar-refractivity contribution is -0.137. The molecule has 0 radical (unpaired) electrons. The molecule has 0 spiro atoms. The summed E-state index contributed by atoms with van der Waals surface area (Å²) in [5.41, 5.74) is 1.37. The van der Waals surface area contributed by atoms with Crippen molar-refractivity contribution in [3.05, 3.63) is 88.8 Å². The molecule has 2 amide bonds. The second-order valence-corrected chi connectivity index (χ2v) is 9.06. The first-order chi connectivity index (χ1) is 19.2. The van der Waals surface area contributed by atoms with Crippen LogP contribution in [0.4, 0.5) is 13.2 Å². The van der Waals surface area contributed by atoms with Crippen LogP contribution in [0.5, 0.6) is 0 Å². The van der Waals surface area contributed by atoms with Crippen molar-refractivity contribution >= 4 is 23.4 Å². The maximum Gasteiger partial charge on any atom is 0.416 e. The van der Waals surface area contributed by atoms with Crippen LogP contribution in [-0.2, 0) is 38.2 Å². The van der Waals surface area contributed by atoms with E-state index in [1.165, 1.54) is 10.9 Å². The van der Waals surface area contributed by atoms with Crippen LogP contribution >= 0.6 is 11.6 Å². The number of nitrogens with one attached hydrogen (secondary N) is 2. The van der Waals surface area contributed by atoms with Crippen LogP contribution in [0.2, 0.25) is 0 Å². The molecule has 11 nitrogen and oxygen atoms in total. The van der Waals surface area contributed by atoms with E-state index in [4.69, 9.17) is 11.6 Å². The Balaban J connectivity index is 1.17. The molecule has 4 aromatic rings. The molecule has 210 valence electrons. The van der Waals surface area contributed by atoms with E-state index in [0.717, 1.165) is 29.5 Å². The minimum Gasteiger partial charge on any atom is -0.347 e. The number of pyridine rings is 1. The number of hydrogen-bond acceptors (Lipinski definition) is 7. The number of alkyl halides is 4. The van der Waals surface area contributed by atoms with E-state index in [0.29, 0.717) is 38.4 Å². The Hall–Kier alpha value is -4.33. The summed E-state index contributed by atoms with van der Waals surface area (Å²) in [5, 5.41) is 20.9. The van der Waals surface area contributed by atoms with Gasteiger partial charge >= 0.3 is 6.18 Å². The van der Waals surface area contributed by atoms with Gasteiger partial charge in [-0.2, -0.15) is 13.2 Å². The molecule has 4 rings (SSSR count). The first-order valence-corrected chi connectivity index (χ1v) is 12.8. The number of aryl methyl sites for hydroxylation is 2. The van der Waals surface area contributed by atoms with Crippen molar-refractivity contribution in [2.45, 2.75) is 51.1 Å². The van der Waals surface area contributed by atoms with Gasteiger partial charge in [-0.15, -0.1) is 21.8 Å². The third-order valence-electron chi connectivity index (χ3n) is 5.74. The molecule has 15 heteroatoms. The molecule has 0 unspecified atom stereocenters. The summed E-state index contributed by atoms with van der Waals surface area (Å²) >= 11 is 5.85. The Morgan fingerprint density at radius 1 is 0.850 bits per heavy atom. The van der Waals surface area contributed by atoms with Gasteiger partial charge in [-0.05, 0) is 36.1 Å². The number of carbonyl (C=O) groups excluding carboxylic acids is 2. The van der Waals surface area contributed by atoms with Crippen molar-refractivity contribution < 1.29 is 22.8 Å². The summed E-state index contributed by atoms with van der Waals surface area (Å²) in [6.07, 6.45) is 0.944. The minimum atomic E-state index is -4.49. The van der Waals surface area contributed by atoms with E-state index in [1.807, 2.05) is 24.3 Å². The first kappa shape index (κ1) is 28.7. The van der Waals surface area contributed by atoms with E-state index in [1.54, 1.807) is 10.9 Å². The van der Waals surface area contributed by atoms with Gasteiger partial charge in [0.15, 0.2) is 11.4 Å². The van der Waals surface area contributed by atoms with Gasteiger partial charge in [-0.3, -0.25) is 23.9 Å². The van der Waals surface area contributed by atoms with Crippen LogP contribution in [0, 0.1) is 0 Å². The molecule has 0 atom stereocenters. The number of hydrogen-bond donors (Lipinski definition) is 2. The van der Waals surface area contributed by atoms with Crippen molar-refractivity contribution in [3.8, 4) is 0 Å². The molecule has 40 heavy (non-hydrogen) atoms. The van der Waals surface area contributed by atoms with Gasteiger partial charge in [0.1, 0.15) is 0 Å². The Kier molecular flexibility index (Phi) is 9.43. The van der Waals surface area contributed by atoms with Crippen LogP contribution in [0.15, 0.2) is 55.0 Å². The topological polar surface area (TPSA) is 133 Å². The van der Waals surface area contributed by atoms with Gasteiger partial charge in [-0.25, -0.2) is 0 Å². The van der Waals surface area contributed by atoms with Crippen LogP contribution in [0.25, 0.3) is 0 Å². The van der Waals surface area contributed by atoms with E-state index in [9.17, 15) is 22.8 Å². The quantitative estimate of drug-likeness (QED) is 0.195. The third-order valence-corrected chi connectivity index (χ3v) is 6.05. The summed E-state index contributed by atoms with van der Waals surface area (Å²) in [5.74, 6) is -0.515. The predicted molar refractivity (Wildman–Crippen MR) is 137 cm³/mol. The van der Waals surface area contributed by atoms with Gasteiger partial charge in [0.25, 0.3) is 11.8 Å². The monoisotopic (exact) mass is 575 g/mol. The minimum absolute atomic E-state index is 0.0355. The lowest BCUT2D eigenvalue weighted by atomic mass is 10.1. The molecule has 2 N–H and O–H groups in total. The lowest BCUT2D eigenvalue weighted by Crippen LogP contribution is -2.24. The molecule has 0 saturated carbocycles. The average molecular weight is 576 g/mol. The Bertz CT molecular complexity index is 1460. The van der Waals surface area contributed by atoms with E-state index in [2.05, 4.69) is 36.2 Å². The fraction of sp³-hybridized carbons (Fsp3) is 0.320. The second kappa shape index (κ2) is 13.2. The van der Waals surface area contributed by atoms with Gasteiger partial charge in [-0.1, -0.05) is 34.7 Å².